The lowest BCUT2D eigenvalue weighted by Crippen LogP contribution is -2.41. The highest BCUT2D eigenvalue weighted by atomic mass is 79.9. The van der Waals surface area contributed by atoms with Crippen LogP contribution in [0.3, 0.4) is 0 Å². The number of nitrogens with one attached hydrogen (secondary N) is 2. The van der Waals surface area contributed by atoms with Crippen LogP contribution < -0.4 is 10.7 Å². The van der Waals surface area contributed by atoms with Gasteiger partial charge in [-0.3, -0.25) is 9.59 Å². The van der Waals surface area contributed by atoms with Crippen LogP contribution in [0.4, 0.5) is 0 Å². The maximum absolute atomic E-state index is 11.4. The summed E-state index contributed by atoms with van der Waals surface area (Å²) in [6.45, 7) is 3.70. The van der Waals surface area contributed by atoms with Crippen LogP contribution in [0.2, 0.25) is 0 Å². The lowest BCUT2D eigenvalue weighted by Gasteiger charge is -2.09. The summed E-state index contributed by atoms with van der Waals surface area (Å²) in [7, 11) is 0. The van der Waals surface area contributed by atoms with Crippen molar-refractivity contribution in [3.05, 3.63) is 28.2 Å². The van der Waals surface area contributed by atoms with Gasteiger partial charge in [-0.2, -0.15) is 5.10 Å². The third-order valence-corrected chi connectivity index (χ3v) is 3.05. The second kappa shape index (κ2) is 7.64. The van der Waals surface area contributed by atoms with Crippen LogP contribution in [-0.4, -0.2) is 29.2 Å². The van der Waals surface area contributed by atoms with Gasteiger partial charge in [0.05, 0.1) is 6.21 Å². The zero-order valence-corrected chi connectivity index (χ0v) is 12.8. The average Bonchev–Trinajstić information content (AvgIpc) is 2.42. The number of aromatic hydroxyl groups is 1. The molecule has 1 atom stereocenters. The maximum Gasteiger partial charge on any atom is 0.329 e. The van der Waals surface area contributed by atoms with Gasteiger partial charge in [0.25, 0.3) is 0 Å². The molecule has 0 spiro atoms. The van der Waals surface area contributed by atoms with E-state index in [-0.39, 0.29) is 11.8 Å². The number of halogens is 1. The molecule has 0 fully saturated rings. The summed E-state index contributed by atoms with van der Waals surface area (Å²) >= 11 is 3.25. The standard InChI is InChI=1S/C13H16BrN3O3/c1-3-8(2)16-12(19)13(20)17-15-7-9-6-10(14)4-5-11(9)18/h4-8,18H,3H2,1-2H3,(H,16,19)(H,17,20)/b15-7+/t8-/m1/s1. The number of hydrogen-bond donors (Lipinski definition) is 3. The van der Waals surface area contributed by atoms with Crippen LogP contribution in [0.1, 0.15) is 25.8 Å². The quantitative estimate of drug-likeness (QED) is 0.440. The molecule has 2 amide bonds. The summed E-state index contributed by atoms with van der Waals surface area (Å²) in [6, 6.07) is 4.71. The molecule has 6 nitrogen and oxygen atoms in total. The monoisotopic (exact) mass is 341 g/mol. The molecular formula is C13H16BrN3O3. The van der Waals surface area contributed by atoms with Crippen molar-refractivity contribution in [3.8, 4) is 5.75 Å². The summed E-state index contributed by atoms with van der Waals surface area (Å²) in [5, 5.41) is 15.7. The highest BCUT2D eigenvalue weighted by Crippen LogP contribution is 2.19. The Morgan fingerprint density at radius 3 is 2.80 bits per heavy atom. The number of hydrazone groups is 1. The third-order valence-electron chi connectivity index (χ3n) is 2.56. The second-order valence-electron chi connectivity index (χ2n) is 4.19. The lowest BCUT2D eigenvalue weighted by atomic mass is 10.2. The summed E-state index contributed by atoms with van der Waals surface area (Å²) in [4.78, 5) is 22.8. The fraction of sp³-hybridized carbons (Fsp3) is 0.308. The number of phenolic OH excluding ortho intramolecular Hbond substituents is 1. The Morgan fingerprint density at radius 1 is 1.45 bits per heavy atom. The van der Waals surface area contributed by atoms with Crippen molar-refractivity contribution in [2.24, 2.45) is 5.10 Å². The van der Waals surface area contributed by atoms with E-state index in [1.54, 1.807) is 19.1 Å². The predicted molar refractivity (Wildman–Crippen MR) is 79.4 cm³/mol. The molecule has 0 unspecified atom stereocenters. The first-order valence-electron chi connectivity index (χ1n) is 6.06. The molecule has 108 valence electrons. The van der Waals surface area contributed by atoms with Crippen molar-refractivity contribution >= 4 is 34.0 Å². The van der Waals surface area contributed by atoms with Crippen LogP contribution in [-0.2, 0) is 9.59 Å². The van der Waals surface area contributed by atoms with Crippen LogP contribution in [0.25, 0.3) is 0 Å². The Bertz CT molecular complexity index is 532. The van der Waals surface area contributed by atoms with Gasteiger partial charge in [-0.1, -0.05) is 22.9 Å². The molecule has 7 heteroatoms. The Morgan fingerprint density at radius 2 is 2.15 bits per heavy atom. The molecule has 1 rings (SSSR count). The topological polar surface area (TPSA) is 90.8 Å². The molecule has 0 aliphatic rings. The Hall–Kier alpha value is -1.89. The van der Waals surface area contributed by atoms with Crippen molar-refractivity contribution in [2.75, 3.05) is 0 Å². The summed E-state index contributed by atoms with van der Waals surface area (Å²) in [6.07, 6.45) is 1.99. The van der Waals surface area contributed by atoms with E-state index >= 15 is 0 Å². The molecule has 1 aromatic rings. The minimum atomic E-state index is -0.851. The number of carbonyl (C=O) groups is 2. The first kappa shape index (κ1) is 16.2. The van der Waals surface area contributed by atoms with E-state index in [2.05, 4.69) is 31.8 Å². The van der Waals surface area contributed by atoms with Crippen molar-refractivity contribution in [1.29, 1.82) is 0 Å². The van der Waals surface area contributed by atoms with E-state index in [9.17, 15) is 14.7 Å². The lowest BCUT2D eigenvalue weighted by molar-refractivity contribution is -0.139. The van der Waals surface area contributed by atoms with Crippen molar-refractivity contribution < 1.29 is 14.7 Å². The second-order valence-corrected chi connectivity index (χ2v) is 5.10. The van der Waals surface area contributed by atoms with Crippen LogP contribution in [0.5, 0.6) is 5.75 Å². The molecule has 0 aliphatic carbocycles. The van der Waals surface area contributed by atoms with Crippen molar-refractivity contribution in [3.63, 3.8) is 0 Å². The number of phenols is 1. The Balaban J connectivity index is 2.58. The van der Waals surface area contributed by atoms with Gasteiger partial charge >= 0.3 is 11.8 Å². The van der Waals surface area contributed by atoms with Gasteiger partial charge in [-0.15, -0.1) is 0 Å². The van der Waals surface area contributed by atoms with Gasteiger partial charge in [-0.05, 0) is 31.5 Å². The van der Waals surface area contributed by atoms with Crippen LogP contribution in [0, 0.1) is 0 Å². The molecule has 1 aromatic carbocycles. The zero-order valence-electron chi connectivity index (χ0n) is 11.2. The minimum Gasteiger partial charge on any atom is -0.507 e. The van der Waals surface area contributed by atoms with Crippen LogP contribution >= 0.6 is 15.9 Å². The molecule has 3 N–H and O–H groups in total. The van der Waals surface area contributed by atoms with E-state index in [0.717, 1.165) is 10.9 Å². The Labute approximate surface area is 125 Å². The summed E-state index contributed by atoms with van der Waals surface area (Å²) in [5.41, 5.74) is 2.52. The molecule has 0 aliphatic heterocycles. The molecule has 0 bridgehead atoms. The fourth-order valence-electron chi connectivity index (χ4n) is 1.23. The first-order chi connectivity index (χ1) is 9.43. The molecule has 0 radical (unpaired) electrons. The SMILES string of the molecule is CC[C@@H](C)NC(=O)C(=O)N/N=C/c1cc(Br)ccc1O. The average molecular weight is 342 g/mol. The summed E-state index contributed by atoms with van der Waals surface area (Å²) in [5.74, 6) is -1.57. The predicted octanol–water partition coefficient (Wildman–Crippen LogP) is 1.52. The molecule has 0 aromatic heterocycles. The van der Waals surface area contributed by atoms with Gasteiger partial charge in [0.2, 0.25) is 0 Å². The number of benzene rings is 1. The molecule has 0 saturated heterocycles. The number of nitrogens with zero attached hydrogens (tertiary/aromatic N) is 1. The van der Waals surface area contributed by atoms with E-state index in [1.165, 1.54) is 12.3 Å². The third kappa shape index (κ3) is 5.00. The van der Waals surface area contributed by atoms with E-state index in [4.69, 9.17) is 0 Å². The first-order valence-corrected chi connectivity index (χ1v) is 6.85. The highest BCUT2D eigenvalue weighted by Gasteiger charge is 2.14. The summed E-state index contributed by atoms with van der Waals surface area (Å²) < 4.78 is 0.762. The molecule has 0 saturated carbocycles. The molecular weight excluding hydrogens is 326 g/mol. The van der Waals surface area contributed by atoms with E-state index < -0.39 is 11.8 Å². The number of hydrogen-bond acceptors (Lipinski definition) is 4. The molecule has 0 heterocycles. The zero-order chi connectivity index (χ0) is 15.1. The van der Waals surface area contributed by atoms with E-state index in [0.29, 0.717) is 5.56 Å². The number of rotatable bonds is 4. The van der Waals surface area contributed by atoms with Crippen molar-refractivity contribution in [2.45, 2.75) is 26.3 Å². The van der Waals surface area contributed by atoms with Crippen molar-refractivity contribution in [1.82, 2.24) is 10.7 Å². The van der Waals surface area contributed by atoms with Gasteiger partial charge in [0, 0.05) is 16.1 Å². The van der Waals surface area contributed by atoms with Gasteiger partial charge in [0.15, 0.2) is 0 Å². The number of carbonyl (C=O) groups excluding carboxylic acids is 2. The smallest absolute Gasteiger partial charge is 0.329 e. The Kier molecular flexibility index (Phi) is 6.17. The largest absolute Gasteiger partial charge is 0.507 e. The highest BCUT2D eigenvalue weighted by molar-refractivity contribution is 9.10. The molecule has 20 heavy (non-hydrogen) atoms. The van der Waals surface area contributed by atoms with Crippen LogP contribution in [0.15, 0.2) is 27.8 Å². The normalized spacial score (nSPS) is 12.2. The van der Waals surface area contributed by atoms with Gasteiger partial charge < -0.3 is 10.4 Å². The van der Waals surface area contributed by atoms with E-state index in [1.807, 2.05) is 6.92 Å². The maximum atomic E-state index is 11.4. The fourth-order valence-corrected chi connectivity index (χ4v) is 1.61. The van der Waals surface area contributed by atoms with Gasteiger partial charge in [-0.25, -0.2) is 5.43 Å². The minimum absolute atomic E-state index is 0.0234. The van der Waals surface area contributed by atoms with Gasteiger partial charge in [0.1, 0.15) is 5.75 Å². The number of amides is 2.